The van der Waals surface area contributed by atoms with Crippen molar-refractivity contribution in [3.63, 3.8) is 0 Å². The summed E-state index contributed by atoms with van der Waals surface area (Å²) in [6, 6.07) is 9.86. The van der Waals surface area contributed by atoms with Gasteiger partial charge >= 0.3 is 6.36 Å². The van der Waals surface area contributed by atoms with Gasteiger partial charge in [-0.3, -0.25) is 4.79 Å². The van der Waals surface area contributed by atoms with Crippen LogP contribution in [0.5, 0.6) is 17.2 Å². The van der Waals surface area contributed by atoms with E-state index in [1.165, 1.54) is 12.1 Å². The first-order chi connectivity index (χ1) is 11.4. The van der Waals surface area contributed by atoms with Crippen LogP contribution in [-0.4, -0.2) is 25.5 Å². The smallest absolute Gasteiger partial charge is 0.486 e. The molecule has 1 heterocycles. The van der Waals surface area contributed by atoms with E-state index in [0.29, 0.717) is 24.7 Å². The molecule has 0 aromatic heterocycles. The SMILES string of the molecule is O=C(Nc1cccc(OC(F)(F)F)c1)c1cccc2c1OCCO2. The molecule has 24 heavy (non-hydrogen) atoms. The summed E-state index contributed by atoms with van der Waals surface area (Å²) in [6.07, 6.45) is -4.80. The molecule has 1 aliphatic heterocycles. The molecule has 0 spiro atoms. The Morgan fingerprint density at radius 3 is 2.62 bits per heavy atom. The van der Waals surface area contributed by atoms with E-state index in [1.54, 1.807) is 18.2 Å². The molecule has 0 saturated carbocycles. The number of nitrogens with one attached hydrogen (secondary N) is 1. The molecule has 1 N–H and O–H groups in total. The van der Waals surface area contributed by atoms with Crippen LogP contribution >= 0.6 is 0 Å². The van der Waals surface area contributed by atoms with Gasteiger partial charge in [-0.15, -0.1) is 13.2 Å². The Kier molecular flexibility index (Phi) is 4.20. The largest absolute Gasteiger partial charge is 0.573 e. The number of halogens is 3. The molecule has 0 radical (unpaired) electrons. The topological polar surface area (TPSA) is 56.8 Å². The lowest BCUT2D eigenvalue weighted by Gasteiger charge is -2.20. The van der Waals surface area contributed by atoms with E-state index in [-0.39, 0.29) is 11.3 Å². The molecule has 0 fully saturated rings. The Balaban J connectivity index is 1.79. The zero-order chi connectivity index (χ0) is 17.2. The van der Waals surface area contributed by atoms with Crippen LogP contribution in [-0.2, 0) is 0 Å². The summed E-state index contributed by atoms with van der Waals surface area (Å²) in [5, 5.41) is 2.51. The zero-order valence-corrected chi connectivity index (χ0v) is 12.2. The normalized spacial score (nSPS) is 13.3. The zero-order valence-electron chi connectivity index (χ0n) is 12.2. The van der Waals surface area contributed by atoms with Crippen molar-refractivity contribution in [2.75, 3.05) is 18.5 Å². The molecule has 8 heteroatoms. The first kappa shape index (κ1) is 16.0. The highest BCUT2D eigenvalue weighted by Gasteiger charge is 2.31. The predicted octanol–water partition coefficient (Wildman–Crippen LogP) is 3.61. The second-order valence-electron chi connectivity index (χ2n) is 4.86. The molecule has 0 bridgehead atoms. The second-order valence-corrected chi connectivity index (χ2v) is 4.86. The number of rotatable bonds is 3. The maximum atomic E-state index is 12.4. The lowest BCUT2D eigenvalue weighted by Crippen LogP contribution is -2.20. The quantitative estimate of drug-likeness (QED) is 0.928. The van der Waals surface area contributed by atoms with Gasteiger partial charge in [-0.25, -0.2) is 0 Å². The lowest BCUT2D eigenvalue weighted by atomic mass is 10.1. The fourth-order valence-corrected chi connectivity index (χ4v) is 2.22. The molecular weight excluding hydrogens is 327 g/mol. The molecule has 1 amide bonds. The Morgan fingerprint density at radius 2 is 1.83 bits per heavy atom. The van der Waals surface area contributed by atoms with Gasteiger partial charge in [-0.2, -0.15) is 0 Å². The molecule has 2 aromatic carbocycles. The number of hydrogen-bond acceptors (Lipinski definition) is 4. The number of carbonyl (C=O) groups is 1. The van der Waals surface area contributed by atoms with E-state index < -0.39 is 18.0 Å². The van der Waals surface area contributed by atoms with Crippen molar-refractivity contribution >= 4 is 11.6 Å². The second kappa shape index (κ2) is 6.31. The number of para-hydroxylation sites is 1. The first-order valence-electron chi connectivity index (χ1n) is 6.98. The number of anilines is 1. The van der Waals surface area contributed by atoms with E-state index in [1.807, 2.05) is 0 Å². The number of ether oxygens (including phenoxy) is 3. The number of alkyl halides is 3. The summed E-state index contributed by atoms with van der Waals surface area (Å²) in [6.45, 7) is 0.696. The Bertz CT molecular complexity index is 761. The van der Waals surface area contributed by atoms with E-state index in [0.717, 1.165) is 12.1 Å². The van der Waals surface area contributed by atoms with Gasteiger partial charge in [0.2, 0.25) is 0 Å². The minimum absolute atomic E-state index is 0.163. The predicted molar refractivity (Wildman–Crippen MR) is 78.5 cm³/mol. The van der Waals surface area contributed by atoms with Gasteiger partial charge < -0.3 is 19.5 Å². The monoisotopic (exact) mass is 339 g/mol. The van der Waals surface area contributed by atoms with Crippen LogP contribution in [0, 0.1) is 0 Å². The molecule has 0 unspecified atom stereocenters. The molecule has 126 valence electrons. The van der Waals surface area contributed by atoms with Crippen molar-refractivity contribution in [2.45, 2.75) is 6.36 Å². The fraction of sp³-hybridized carbons (Fsp3) is 0.188. The van der Waals surface area contributed by atoms with Gasteiger partial charge in [0.1, 0.15) is 19.0 Å². The Morgan fingerprint density at radius 1 is 1.08 bits per heavy atom. The minimum atomic E-state index is -4.80. The third-order valence-electron chi connectivity index (χ3n) is 3.14. The van der Waals surface area contributed by atoms with Gasteiger partial charge in [0.15, 0.2) is 11.5 Å². The third-order valence-corrected chi connectivity index (χ3v) is 3.14. The van der Waals surface area contributed by atoms with Gasteiger partial charge in [-0.1, -0.05) is 12.1 Å². The fourth-order valence-electron chi connectivity index (χ4n) is 2.22. The average Bonchev–Trinajstić information content (AvgIpc) is 2.53. The summed E-state index contributed by atoms with van der Waals surface area (Å²) in [5.41, 5.74) is 0.394. The van der Waals surface area contributed by atoms with Crippen molar-refractivity contribution in [3.05, 3.63) is 48.0 Å². The molecule has 3 rings (SSSR count). The highest BCUT2D eigenvalue weighted by molar-refractivity contribution is 6.06. The molecule has 0 saturated heterocycles. The molecule has 5 nitrogen and oxygen atoms in total. The van der Waals surface area contributed by atoms with E-state index in [9.17, 15) is 18.0 Å². The third kappa shape index (κ3) is 3.70. The van der Waals surface area contributed by atoms with Crippen LogP contribution in [0.2, 0.25) is 0 Å². The van der Waals surface area contributed by atoms with Gasteiger partial charge in [0, 0.05) is 11.8 Å². The average molecular weight is 339 g/mol. The standard InChI is InChI=1S/C16H12F3NO4/c17-16(18,19)24-11-4-1-3-10(9-11)20-15(21)12-5-2-6-13-14(12)23-8-7-22-13/h1-6,9H,7-8H2,(H,20,21). The molecule has 2 aromatic rings. The van der Waals surface area contributed by atoms with Crippen molar-refractivity contribution < 1.29 is 32.2 Å². The van der Waals surface area contributed by atoms with Crippen molar-refractivity contribution in [1.82, 2.24) is 0 Å². The summed E-state index contributed by atoms with van der Waals surface area (Å²) in [5.74, 6) is -0.191. The van der Waals surface area contributed by atoms with Crippen LogP contribution in [0.15, 0.2) is 42.5 Å². The summed E-state index contributed by atoms with van der Waals surface area (Å²) in [7, 11) is 0. The Labute approximate surface area is 134 Å². The minimum Gasteiger partial charge on any atom is -0.486 e. The van der Waals surface area contributed by atoms with Crippen LogP contribution in [0.4, 0.5) is 18.9 Å². The van der Waals surface area contributed by atoms with E-state index in [4.69, 9.17) is 9.47 Å². The molecule has 0 atom stereocenters. The highest BCUT2D eigenvalue weighted by atomic mass is 19.4. The number of carbonyl (C=O) groups excluding carboxylic acids is 1. The summed E-state index contributed by atoms with van der Waals surface area (Å²) < 4.78 is 51.4. The summed E-state index contributed by atoms with van der Waals surface area (Å²) >= 11 is 0. The number of fused-ring (bicyclic) bond motifs is 1. The van der Waals surface area contributed by atoms with Crippen molar-refractivity contribution in [2.24, 2.45) is 0 Å². The highest BCUT2D eigenvalue weighted by Crippen LogP contribution is 2.34. The number of amides is 1. The van der Waals surface area contributed by atoms with Crippen LogP contribution in [0.3, 0.4) is 0 Å². The lowest BCUT2D eigenvalue weighted by molar-refractivity contribution is -0.274. The van der Waals surface area contributed by atoms with Gasteiger partial charge in [0.25, 0.3) is 5.91 Å². The van der Waals surface area contributed by atoms with Crippen molar-refractivity contribution in [1.29, 1.82) is 0 Å². The van der Waals surface area contributed by atoms with Crippen LogP contribution < -0.4 is 19.5 Å². The van der Waals surface area contributed by atoms with Gasteiger partial charge in [0.05, 0.1) is 5.56 Å². The molecular formula is C16H12F3NO4. The van der Waals surface area contributed by atoms with Gasteiger partial charge in [-0.05, 0) is 24.3 Å². The number of benzene rings is 2. The first-order valence-corrected chi connectivity index (χ1v) is 6.98. The molecule has 0 aliphatic carbocycles. The maximum absolute atomic E-state index is 12.4. The number of hydrogen-bond donors (Lipinski definition) is 1. The van der Waals surface area contributed by atoms with Crippen LogP contribution in [0.25, 0.3) is 0 Å². The van der Waals surface area contributed by atoms with Crippen LogP contribution in [0.1, 0.15) is 10.4 Å². The Hall–Kier alpha value is -2.90. The van der Waals surface area contributed by atoms with Crippen molar-refractivity contribution in [3.8, 4) is 17.2 Å². The summed E-state index contributed by atoms with van der Waals surface area (Å²) in [4.78, 5) is 12.4. The van der Waals surface area contributed by atoms with E-state index >= 15 is 0 Å². The molecule has 1 aliphatic rings. The maximum Gasteiger partial charge on any atom is 0.573 e. The van der Waals surface area contributed by atoms with E-state index in [2.05, 4.69) is 10.1 Å².